The number of nitrogens with one attached hydrogen (secondary N) is 1. The van der Waals surface area contributed by atoms with Crippen LogP contribution in [0.4, 0.5) is 10.3 Å². The summed E-state index contributed by atoms with van der Waals surface area (Å²) in [4.78, 5) is 79.2. The van der Waals surface area contributed by atoms with E-state index in [1.54, 1.807) is 13.8 Å². The number of Topliss-reactive ketones (excluding diaryl/α,β-unsaturated/α-hetero) is 2. The second-order valence-electron chi connectivity index (χ2n) is 16.7. The second kappa shape index (κ2) is 19.9. The summed E-state index contributed by atoms with van der Waals surface area (Å²) in [7, 11) is 0. The van der Waals surface area contributed by atoms with Gasteiger partial charge in [-0.1, -0.05) is 112 Å². The first-order valence-corrected chi connectivity index (χ1v) is 23.0. The van der Waals surface area contributed by atoms with E-state index in [1.165, 1.54) is 55.3 Å². The van der Waals surface area contributed by atoms with Crippen LogP contribution in [-0.2, 0) is 28.7 Å². The van der Waals surface area contributed by atoms with Crippen LogP contribution in [0.5, 0.6) is 0 Å². The molecule has 2 heterocycles. The molecule has 0 aliphatic heterocycles. The van der Waals surface area contributed by atoms with E-state index in [9.17, 15) is 33.9 Å². The van der Waals surface area contributed by atoms with Gasteiger partial charge in [-0.05, 0) is 85.0 Å². The highest BCUT2D eigenvalue weighted by Crippen LogP contribution is 2.62. The number of ketones is 2. The summed E-state index contributed by atoms with van der Waals surface area (Å²) in [6.45, 7) is 7.45. The van der Waals surface area contributed by atoms with Crippen molar-refractivity contribution in [2.24, 2.45) is 10.8 Å². The lowest BCUT2D eigenvalue weighted by Gasteiger charge is -2.50. The molecule has 4 aromatic carbocycles. The van der Waals surface area contributed by atoms with Gasteiger partial charge < -0.3 is 25.6 Å². The zero-order chi connectivity index (χ0) is 46.2. The third kappa shape index (κ3) is 8.93. The van der Waals surface area contributed by atoms with Crippen LogP contribution in [0.1, 0.15) is 145 Å². The van der Waals surface area contributed by atoms with E-state index in [-0.39, 0.29) is 74.2 Å². The number of amides is 1. The number of fused-ring (bicyclic) bond motifs is 2. The lowest BCUT2D eigenvalue weighted by atomic mass is 9.52. The van der Waals surface area contributed by atoms with Crippen LogP contribution in [0.15, 0.2) is 108 Å². The van der Waals surface area contributed by atoms with Crippen molar-refractivity contribution in [1.29, 1.82) is 0 Å². The first-order chi connectivity index (χ1) is 31.2. The number of nitrogen functional groups attached to an aromatic ring is 1. The summed E-state index contributed by atoms with van der Waals surface area (Å²) in [6, 6.07) is 33.4. The normalized spacial score (nSPS) is 21.5. The number of hydrogen-bond acceptors (Lipinski definition) is 13. The fourth-order valence-corrected chi connectivity index (χ4v) is 11.3. The highest BCUT2D eigenvalue weighted by Gasteiger charge is 2.55. The van der Waals surface area contributed by atoms with Crippen molar-refractivity contribution in [1.82, 2.24) is 9.97 Å². The maximum Gasteiger partial charge on any atom is 0.381 e. The first-order valence-electron chi connectivity index (χ1n) is 21.2. The number of carbonyl (C=O) groups is 6. The number of esters is 2. The zero-order valence-electron chi connectivity index (χ0n) is 36.0. The number of nitrogens with zero attached hydrogens (tertiary/aromatic N) is 2. The SMILES string of the molecule is C.C.CC1(C(=O)O)CC2c3ccccc3C1c1ccccc12.CCOC(=O)C(=O)c1csc(N)n1.CCOC(=O)C(=O)c1csc(NC(=O)C2(C)CC3c4ccccc4C2c2ccccc23)n1. The molecule has 4 bridgehead atoms. The number of thiazole rings is 2. The molecule has 0 saturated carbocycles. The molecule has 0 saturated heterocycles. The minimum absolute atomic E-state index is 0. The monoisotopic (exact) mass is 942 g/mol. The van der Waals surface area contributed by atoms with Gasteiger partial charge in [0.25, 0.3) is 11.6 Å². The molecule has 348 valence electrons. The van der Waals surface area contributed by atoms with E-state index >= 15 is 0 Å². The van der Waals surface area contributed by atoms with Gasteiger partial charge in [-0.2, -0.15) is 0 Å². The predicted molar refractivity (Wildman–Crippen MR) is 259 cm³/mol. The van der Waals surface area contributed by atoms with Crippen molar-refractivity contribution in [3.05, 3.63) is 164 Å². The summed E-state index contributed by atoms with van der Waals surface area (Å²) >= 11 is 2.23. The lowest BCUT2D eigenvalue weighted by molar-refractivity contribution is -0.150. The minimum atomic E-state index is -0.944. The number of aromatic nitrogens is 2. The average Bonchev–Trinajstić information content (AvgIpc) is 3.98. The molecule has 0 radical (unpaired) electrons. The molecule has 0 spiro atoms. The molecule has 1 amide bonds. The Morgan fingerprint density at radius 2 is 0.970 bits per heavy atom. The molecule has 4 N–H and O–H groups in total. The van der Waals surface area contributed by atoms with Crippen molar-refractivity contribution in [2.45, 2.75) is 79.1 Å². The number of hydrogen-bond donors (Lipinski definition) is 3. The number of ether oxygens (including phenoxy) is 2. The molecule has 2 aromatic heterocycles. The molecule has 2 unspecified atom stereocenters. The average molecular weight is 943 g/mol. The van der Waals surface area contributed by atoms with Crippen LogP contribution in [0.2, 0.25) is 0 Å². The van der Waals surface area contributed by atoms with Gasteiger partial charge in [0.15, 0.2) is 10.3 Å². The minimum Gasteiger partial charge on any atom is -0.481 e. The summed E-state index contributed by atoms with van der Waals surface area (Å²) < 4.78 is 9.25. The number of carbonyl (C=O) groups excluding carboxylic acids is 5. The van der Waals surface area contributed by atoms with E-state index in [2.05, 4.69) is 92.8 Å². The van der Waals surface area contributed by atoms with E-state index < -0.39 is 40.3 Å². The summed E-state index contributed by atoms with van der Waals surface area (Å²) in [5.41, 5.74) is 13.9. The van der Waals surface area contributed by atoms with Crippen LogP contribution in [0.25, 0.3) is 0 Å². The first kappa shape index (κ1) is 49.6. The quantitative estimate of drug-likeness (QED) is 0.0704. The van der Waals surface area contributed by atoms with Crippen LogP contribution in [0, 0.1) is 10.8 Å². The Morgan fingerprint density at radius 3 is 1.34 bits per heavy atom. The molecule has 67 heavy (non-hydrogen) atoms. The molecule has 13 nitrogen and oxygen atoms in total. The van der Waals surface area contributed by atoms with E-state index in [4.69, 9.17) is 10.5 Å². The Labute approximate surface area is 397 Å². The smallest absolute Gasteiger partial charge is 0.381 e. The molecule has 2 atom stereocenters. The summed E-state index contributed by atoms with van der Waals surface area (Å²) in [6.07, 6.45) is 1.39. The molecule has 6 aliphatic rings. The van der Waals surface area contributed by atoms with Gasteiger partial charge in [0.05, 0.1) is 24.0 Å². The van der Waals surface area contributed by atoms with E-state index in [0.29, 0.717) is 18.0 Å². The van der Waals surface area contributed by atoms with Crippen molar-refractivity contribution in [2.75, 3.05) is 24.3 Å². The highest BCUT2D eigenvalue weighted by molar-refractivity contribution is 7.14. The Bertz CT molecular complexity index is 2780. The fraction of sp³-hybridized carbons (Fsp3) is 0.308. The zero-order valence-corrected chi connectivity index (χ0v) is 37.7. The molecular formula is C52H54N4O9S2. The van der Waals surface area contributed by atoms with Gasteiger partial charge >= 0.3 is 17.9 Å². The Kier molecular flexibility index (Phi) is 14.8. The van der Waals surface area contributed by atoms with Crippen LogP contribution >= 0.6 is 22.7 Å². The van der Waals surface area contributed by atoms with Crippen molar-refractivity contribution >= 4 is 68.3 Å². The fourth-order valence-electron chi connectivity index (χ4n) is 10.0. The van der Waals surface area contributed by atoms with Gasteiger partial charge in [0.2, 0.25) is 5.91 Å². The number of rotatable bonds is 9. The molecular weight excluding hydrogens is 889 g/mol. The molecule has 6 aromatic rings. The second-order valence-corrected chi connectivity index (χ2v) is 18.4. The van der Waals surface area contributed by atoms with Gasteiger partial charge in [0, 0.05) is 34.4 Å². The van der Waals surface area contributed by atoms with Gasteiger partial charge in [-0.3, -0.25) is 19.2 Å². The Morgan fingerprint density at radius 1 is 0.612 bits per heavy atom. The molecule has 0 fully saturated rings. The van der Waals surface area contributed by atoms with Crippen LogP contribution < -0.4 is 11.1 Å². The Balaban J connectivity index is 0.000000181. The molecule has 15 heteroatoms. The summed E-state index contributed by atoms with van der Waals surface area (Å²) in [5.74, 6) is -3.96. The van der Waals surface area contributed by atoms with E-state index in [0.717, 1.165) is 22.7 Å². The third-order valence-electron chi connectivity index (χ3n) is 12.9. The third-order valence-corrected chi connectivity index (χ3v) is 14.3. The molecule has 12 rings (SSSR count). The lowest BCUT2D eigenvalue weighted by Crippen LogP contribution is -2.47. The number of benzene rings is 4. The highest BCUT2D eigenvalue weighted by atomic mass is 32.1. The number of carboxylic acid groups (broad SMARTS) is 1. The number of nitrogens with two attached hydrogens (primary N) is 1. The standard InChI is InChI=1S/C25H22N2O4S.C18H16O2.C7H8N2O3S.2CH4/c1-3-31-22(29)21(28)19-13-32-24(26-19)27-23(30)25(2)12-18-14-8-4-6-10-16(14)20(25)17-11-7-5-9-15(17)18;1-18(17(19)20)10-15-11-6-2-4-8-13(11)16(18)14-9-5-3-7-12(14)15;1-2-12-6(11)5(10)4-3-13-7(8)9-4;;/h4-11,13,18,20H,3,12H2,1-2H3,(H,26,27,30);2-9,15-16H,10H2,1H3,(H,19,20);3H,2H2,1H3,(H2,8,9);2*1H4. The topological polar surface area (TPSA) is 205 Å². The van der Waals surface area contributed by atoms with Gasteiger partial charge in [0.1, 0.15) is 11.4 Å². The van der Waals surface area contributed by atoms with Gasteiger partial charge in [-0.15, -0.1) is 22.7 Å². The predicted octanol–water partition coefficient (Wildman–Crippen LogP) is 10.0. The maximum absolute atomic E-state index is 13.6. The van der Waals surface area contributed by atoms with E-state index in [1.807, 2.05) is 38.1 Å². The van der Waals surface area contributed by atoms with Crippen LogP contribution in [0.3, 0.4) is 0 Å². The number of carboxylic acids is 1. The number of aliphatic carboxylic acids is 1. The van der Waals surface area contributed by atoms with Crippen molar-refractivity contribution in [3.63, 3.8) is 0 Å². The van der Waals surface area contributed by atoms with Gasteiger partial charge in [-0.25, -0.2) is 19.6 Å². The maximum atomic E-state index is 13.6. The largest absolute Gasteiger partial charge is 0.481 e. The summed E-state index contributed by atoms with van der Waals surface area (Å²) in [5, 5.41) is 16.1. The Hall–Kier alpha value is -6.84. The molecule has 6 aliphatic carbocycles. The number of anilines is 2. The van der Waals surface area contributed by atoms with Crippen LogP contribution in [-0.4, -0.2) is 63.7 Å². The van der Waals surface area contributed by atoms with Crippen molar-refractivity contribution in [3.8, 4) is 0 Å². The van der Waals surface area contributed by atoms with Crippen molar-refractivity contribution < 1.29 is 43.3 Å².